The lowest BCUT2D eigenvalue weighted by atomic mass is 10.1. The number of hydrogen-bond donors (Lipinski definition) is 0. The maximum Gasteiger partial charge on any atom is 0.267 e. The average molecular weight is 327 g/mol. The van der Waals surface area contributed by atoms with Crippen LogP contribution in [0.5, 0.6) is 0 Å². The van der Waals surface area contributed by atoms with Crippen LogP contribution in [0.25, 0.3) is 0 Å². The van der Waals surface area contributed by atoms with Crippen molar-refractivity contribution in [2.45, 2.75) is 0 Å². The number of imide groups is 1. The van der Waals surface area contributed by atoms with Crippen molar-refractivity contribution >= 4 is 52.3 Å². The van der Waals surface area contributed by atoms with E-state index in [1.165, 1.54) is 0 Å². The van der Waals surface area contributed by atoms with Crippen LogP contribution in [0.1, 0.15) is 20.7 Å². The van der Waals surface area contributed by atoms with Crippen LogP contribution in [0.4, 0.5) is 5.69 Å². The molecule has 2 aromatic rings. The molecule has 1 heterocycles. The fourth-order valence-corrected chi connectivity index (χ4v) is 2.97. The van der Waals surface area contributed by atoms with Gasteiger partial charge in [0.25, 0.3) is 11.8 Å². The molecule has 1 aliphatic rings. The van der Waals surface area contributed by atoms with Crippen molar-refractivity contribution in [2.75, 3.05) is 4.90 Å². The smallest absolute Gasteiger partial charge is 0.267 e. The van der Waals surface area contributed by atoms with Gasteiger partial charge in [-0.25, -0.2) is 4.90 Å². The molecule has 0 aromatic heterocycles. The summed E-state index contributed by atoms with van der Waals surface area (Å²) in [6.45, 7) is 0. The van der Waals surface area contributed by atoms with Crippen LogP contribution in [0.2, 0.25) is 15.1 Å². The fraction of sp³-hybridized carbons (Fsp3) is 0. The largest absolute Gasteiger partial charge is 0.268 e. The van der Waals surface area contributed by atoms with Crippen LogP contribution < -0.4 is 4.90 Å². The molecule has 0 aliphatic carbocycles. The molecule has 6 heteroatoms. The van der Waals surface area contributed by atoms with Crippen LogP contribution in [0, 0.1) is 0 Å². The van der Waals surface area contributed by atoms with E-state index in [0.29, 0.717) is 0 Å². The summed E-state index contributed by atoms with van der Waals surface area (Å²) in [4.78, 5) is 25.8. The Morgan fingerprint density at radius 2 is 1.30 bits per heavy atom. The van der Waals surface area contributed by atoms with E-state index >= 15 is 0 Å². The zero-order chi connectivity index (χ0) is 14.4. The number of amides is 2. The van der Waals surface area contributed by atoms with Crippen molar-refractivity contribution in [3.05, 3.63) is 62.6 Å². The molecule has 3 nitrogen and oxygen atoms in total. The third-order valence-corrected chi connectivity index (χ3v) is 3.95. The van der Waals surface area contributed by atoms with Crippen molar-refractivity contribution in [1.29, 1.82) is 0 Å². The Morgan fingerprint density at radius 3 is 1.90 bits per heavy atom. The Kier molecular flexibility index (Phi) is 3.21. The summed E-state index contributed by atoms with van der Waals surface area (Å²) in [7, 11) is 0. The molecule has 0 atom stereocenters. The highest BCUT2D eigenvalue weighted by Crippen LogP contribution is 2.39. The van der Waals surface area contributed by atoms with E-state index < -0.39 is 11.8 Å². The summed E-state index contributed by atoms with van der Waals surface area (Å²) < 4.78 is 0. The summed E-state index contributed by atoms with van der Waals surface area (Å²) in [6.07, 6.45) is 0. The van der Waals surface area contributed by atoms with E-state index in [-0.39, 0.29) is 31.9 Å². The number of anilines is 1. The van der Waals surface area contributed by atoms with Crippen molar-refractivity contribution < 1.29 is 9.59 Å². The van der Waals surface area contributed by atoms with E-state index in [9.17, 15) is 9.59 Å². The zero-order valence-corrected chi connectivity index (χ0v) is 12.1. The molecular formula is C14H6Cl3NO2. The Balaban J connectivity index is 2.23. The van der Waals surface area contributed by atoms with Crippen LogP contribution in [-0.4, -0.2) is 11.8 Å². The van der Waals surface area contributed by atoms with Crippen LogP contribution >= 0.6 is 34.8 Å². The quantitative estimate of drug-likeness (QED) is 0.726. The zero-order valence-electron chi connectivity index (χ0n) is 9.86. The molecule has 100 valence electrons. The molecule has 3 rings (SSSR count). The van der Waals surface area contributed by atoms with Gasteiger partial charge in [-0.05, 0) is 24.3 Å². The highest BCUT2D eigenvalue weighted by atomic mass is 35.5. The van der Waals surface area contributed by atoms with Crippen LogP contribution in [0.3, 0.4) is 0 Å². The number of benzene rings is 2. The minimum absolute atomic E-state index is 0.176. The van der Waals surface area contributed by atoms with Gasteiger partial charge < -0.3 is 0 Å². The summed E-state index contributed by atoms with van der Waals surface area (Å²) >= 11 is 18.1. The first-order valence-corrected chi connectivity index (χ1v) is 6.77. The van der Waals surface area contributed by atoms with Crippen molar-refractivity contribution in [2.24, 2.45) is 0 Å². The molecule has 0 bridgehead atoms. The first-order chi connectivity index (χ1) is 9.52. The van der Waals surface area contributed by atoms with E-state index in [2.05, 4.69) is 0 Å². The topological polar surface area (TPSA) is 37.4 Å². The van der Waals surface area contributed by atoms with Gasteiger partial charge in [0.2, 0.25) is 0 Å². The summed E-state index contributed by atoms with van der Waals surface area (Å²) in [6, 6.07) is 9.49. The lowest BCUT2D eigenvalue weighted by molar-refractivity contribution is 0.0926. The minimum Gasteiger partial charge on any atom is -0.268 e. The number of carbonyl (C=O) groups excluding carboxylic acids is 2. The van der Waals surface area contributed by atoms with Crippen molar-refractivity contribution in [3.8, 4) is 0 Å². The van der Waals surface area contributed by atoms with Gasteiger partial charge in [0, 0.05) is 0 Å². The third kappa shape index (κ3) is 1.82. The third-order valence-electron chi connectivity index (χ3n) is 3.03. The maximum atomic E-state index is 12.4. The molecule has 0 saturated heterocycles. The Hall–Kier alpha value is -1.55. The summed E-state index contributed by atoms with van der Waals surface area (Å²) in [5, 5.41) is 0.679. The predicted octanol–water partition coefficient (Wildman–Crippen LogP) is 4.45. The van der Waals surface area contributed by atoms with E-state index in [1.807, 2.05) is 0 Å². The molecule has 0 spiro atoms. The summed E-state index contributed by atoms with van der Waals surface area (Å²) in [5.41, 5.74) is 0.603. The highest BCUT2D eigenvalue weighted by Gasteiger charge is 2.39. The van der Waals surface area contributed by atoms with Crippen molar-refractivity contribution in [1.82, 2.24) is 0 Å². The first kappa shape index (κ1) is 13.4. The monoisotopic (exact) mass is 325 g/mol. The molecule has 0 radical (unpaired) electrons. The number of halogens is 3. The molecule has 0 saturated carbocycles. The molecule has 0 N–H and O–H groups in total. The fourth-order valence-electron chi connectivity index (χ4n) is 2.15. The Bertz CT molecular complexity index is 738. The van der Waals surface area contributed by atoms with Crippen molar-refractivity contribution in [3.63, 3.8) is 0 Å². The molecule has 0 unspecified atom stereocenters. The van der Waals surface area contributed by atoms with E-state index in [4.69, 9.17) is 34.8 Å². The molecule has 20 heavy (non-hydrogen) atoms. The number of carbonyl (C=O) groups is 2. The number of rotatable bonds is 1. The lowest BCUT2D eigenvalue weighted by Crippen LogP contribution is -2.30. The molecule has 2 amide bonds. The van der Waals surface area contributed by atoms with E-state index in [0.717, 1.165) is 4.90 Å². The van der Waals surface area contributed by atoms with E-state index in [1.54, 1.807) is 36.4 Å². The van der Waals surface area contributed by atoms with Gasteiger partial charge in [-0.2, -0.15) is 0 Å². The second-order valence-corrected chi connectivity index (χ2v) is 5.40. The predicted molar refractivity (Wildman–Crippen MR) is 79.1 cm³/mol. The number of fused-ring (bicyclic) bond motifs is 1. The van der Waals surface area contributed by atoms with Crippen LogP contribution in [0.15, 0.2) is 36.4 Å². The standard InChI is InChI=1S/C14H6Cl3NO2/c15-8-4-1-3-7-11(8)14(20)18(13(7)19)12-9(16)5-2-6-10(12)17/h1-6H. The normalized spacial score (nSPS) is 13.8. The van der Waals surface area contributed by atoms with Gasteiger partial charge in [0.05, 0.1) is 31.9 Å². The molecule has 1 aliphatic heterocycles. The van der Waals surface area contributed by atoms with Gasteiger partial charge >= 0.3 is 0 Å². The Morgan fingerprint density at radius 1 is 0.750 bits per heavy atom. The van der Waals surface area contributed by atoms with Crippen LogP contribution in [-0.2, 0) is 0 Å². The molecule has 2 aromatic carbocycles. The molecular weight excluding hydrogens is 321 g/mol. The molecule has 0 fully saturated rings. The number of para-hydroxylation sites is 1. The van der Waals surface area contributed by atoms with Gasteiger partial charge in [-0.3, -0.25) is 9.59 Å². The number of hydrogen-bond acceptors (Lipinski definition) is 2. The van der Waals surface area contributed by atoms with Gasteiger partial charge in [-0.1, -0.05) is 46.9 Å². The second-order valence-electron chi connectivity index (χ2n) is 4.18. The first-order valence-electron chi connectivity index (χ1n) is 5.63. The Labute approximate surface area is 129 Å². The average Bonchev–Trinajstić information content (AvgIpc) is 2.65. The summed E-state index contributed by atoms with van der Waals surface area (Å²) in [5.74, 6) is -1.01. The SMILES string of the molecule is O=C1c2cccc(Cl)c2C(=O)N1c1c(Cl)cccc1Cl. The second kappa shape index (κ2) is 4.77. The van der Waals surface area contributed by atoms with Gasteiger partial charge in [0.15, 0.2) is 0 Å². The lowest BCUT2D eigenvalue weighted by Gasteiger charge is -2.16. The highest BCUT2D eigenvalue weighted by molar-refractivity contribution is 6.46. The number of nitrogens with zero attached hydrogens (tertiary/aromatic N) is 1. The maximum absolute atomic E-state index is 12.4. The van der Waals surface area contributed by atoms with Gasteiger partial charge in [-0.15, -0.1) is 0 Å². The van der Waals surface area contributed by atoms with Gasteiger partial charge in [0.1, 0.15) is 0 Å². The minimum atomic E-state index is -0.523.